The molecule has 0 unspecified atom stereocenters. The molecular weight excluding hydrogens is 346 g/mol. The van der Waals surface area contributed by atoms with E-state index in [1.165, 1.54) is 15.3 Å². The molecule has 132 valence electrons. The number of nitrogen functional groups attached to an aromatic ring is 1. The molecule has 25 heavy (non-hydrogen) atoms. The highest BCUT2D eigenvalue weighted by Crippen LogP contribution is 2.30. The van der Waals surface area contributed by atoms with Gasteiger partial charge in [0.15, 0.2) is 11.9 Å². The van der Waals surface area contributed by atoms with E-state index in [1.807, 2.05) is 16.8 Å². The van der Waals surface area contributed by atoms with Crippen LogP contribution in [0.5, 0.6) is 0 Å². The third-order valence-corrected chi connectivity index (χ3v) is 5.00. The zero-order chi connectivity index (χ0) is 17.6. The van der Waals surface area contributed by atoms with E-state index in [9.17, 15) is 15.0 Å². The monoisotopic (exact) mass is 363 g/mol. The van der Waals surface area contributed by atoms with Crippen molar-refractivity contribution in [1.82, 2.24) is 19.1 Å². The molecule has 0 bridgehead atoms. The molecule has 3 aromatic rings. The van der Waals surface area contributed by atoms with Crippen LogP contribution in [0.3, 0.4) is 0 Å². The average Bonchev–Trinajstić information content (AvgIpc) is 3.28. The fourth-order valence-electron chi connectivity index (χ4n) is 3.10. The van der Waals surface area contributed by atoms with Crippen molar-refractivity contribution in [2.45, 2.75) is 31.4 Å². The van der Waals surface area contributed by atoms with Crippen LogP contribution in [-0.4, -0.2) is 48.1 Å². The number of thiophene rings is 1. The summed E-state index contributed by atoms with van der Waals surface area (Å²) in [4.78, 5) is 21.2. The molecule has 4 heterocycles. The largest absolute Gasteiger partial charge is 0.394 e. The number of aliphatic hydroxyl groups excluding tert-OH is 2. The molecule has 0 aromatic carbocycles. The highest BCUT2D eigenvalue weighted by molar-refractivity contribution is 7.07. The van der Waals surface area contributed by atoms with E-state index < -0.39 is 18.4 Å². The molecule has 0 radical (unpaired) electrons. The van der Waals surface area contributed by atoms with Gasteiger partial charge in [-0.15, -0.1) is 0 Å². The number of aliphatic hydroxyl groups is 2. The Kier molecular flexibility index (Phi) is 4.04. The lowest BCUT2D eigenvalue weighted by Gasteiger charge is -2.15. The summed E-state index contributed by atoms with van der Waals surface area (Å²) in [5, 5.41) is 23.5. The molecule has 3 atom stereocenters. The Morgan fingerprint density at radius 2 is 2.32 bits per heavy atom. The van der Waals surface area contributed by atoms with Gasteiger partial charge in [-0.25, -0.2) is 14.3 Å². The number of anilines is 1. The molecule has 9 nitrogen and oxygen atoms in total. The quantitative estimate of drug-likeness (QED) is 0.591. The fraction of sp³-hybridized carbons (Fsp3) is 0.400. The fourth-order valence-corrected chi connectivity index (χ4v) is 3.76. The van der Waals surface area contributed by atoms with Crippen LogP contribution >= 0.6 is 11.3 Å². The van der Waals surface area contributed by atoms with Gasteiger partial charge in [0.2, 0.25) is 5.95 Å². The number of aromatic nitrogens is 4. The van der Waals surface area contributed by atoms with Crippen molar-refractivity contribution >= 4 is 28.4 Å². The van der Waals surface area contributed by atoms with Crippen LogP contribution < -0.4 is 11.4 Å². The third-order valence-electron chi connectivity index (χ3n) is 4.27. The molecule has 1 aliphatic heterocycles. The molecular formula is C15H17N5O4S. The van der Waals surface area contributed by atoms with Crippen LogP contribution in [-0.2, 0) is 11.3 Å². The maximum Gasteiger partial charge on any atom is 0.332 e. The molecule has 3 aromatic heterocycles. The molecule has 0 saturated carbocycles. The van der Waals surface area contributed by atoms with E-state index in [2.05, 4.69) is 9.97 Å². The summed E-state index contributed by atoms with van der Waals surface area (Å²) in [5.41, 5.74) is 7.10. The van der Waals surface area contributed by atoms with Gasteiger partial charge in [-0.3, -0.25) is 4.57 Å². The SMILES string of the molecule is Nc1ncc2c(n1)n([C@@H]1O[C@H](CO)C[C@H]1O)c(=O)n2Cc1ccsc1. The minimum Gasteiger partial charge on any atom is -0.394 e. The zero-order valence-corrected chi connectivity index (χ0v) is 14.0. The standard InChI is InChI=1S/C15H17N5O4S/c16-14-17-4-10-12(18-14)20(13-11(22)3-9(6-21)24-13)15(23)19(10)5-8-1-2-25-7-8/h1-2,4,7,9,11,13,21-22H,3,5-6H2,(H2,16,17,18)/t9-,11+,13+/m0/s1. The van der Waals surface area contributed by atoms with Crippen molar-refractivity contribution in [2.24, 2.45) is 0 Å². The molecule has 1 fully saturated rings. The third kappa shape index (κ3) is 2.72. The predicted octanol–water partition coefficient (Wildman–Crippen LogP) is -0.0743. The van der Waals surface area contributed by atoms with Gasteiger partial charge < -0.3 is 20.7 Å². The maximum atomic E-state index is 13.0. The van der Waals surface area contributed by atoms with Crippen molar-refractivity contribution < 1.29 is 14.9 Å². The second-order valence-electron chi connectivity index (χ2n) is 5.94. The number of hydrogen-bond acceptors (Lipinski definition) is 8. The first-order chi connectivity index (χ1) is 12.1. The Labute approximate surface area is 145 Å². The number of rotatable bonds is 4. The molecule has 1 aliphatic rings. The smallest absolute Gasteiger partial charge is 0.332 e. The normalized spacial score (nSPS) is 23.5. The predicted molar refractivity (Wildman–Crippen MR) is 91.2 cm³/mol. The van der Waals surface area contributed by atoms with Crippen LogP contribution in [0.15, 0.2) is 27.8 Å². The summed E-state index contributed by atoms with van der Waals surface area (Å²) in [6, 6.07) is 1.93. The summed E-state index contributed by atoms with van der Waals surface area (Å²) in [5.74, 6) is 0.0279. The number of nitrogens with two attached hydrogens (primary N) is 1. The number of hydrogen-bond donors (Lipinski definition) is 3. The maximum absolute atomic E-state index is 13.0. The Hall–Kier alpha value is -2.27. The lowest BCUT2D eigenvalue weighted by Crippen LogP contribution is -2.32. The molecule has 1 saturated heterocycles. The summed E-state index contributed by atoms with van der Waals surface area (Å²) >= 11 is 1.54. The lowest BCUT2D eigenvalue weighted by molar-refractivity contribution is -0.0505. The summed E-state index contributed by atoms with van der Waals surface area (Å²) in [7, 11) is 0. The van der Waals surface area contributed by atoms with Gasteiger partial charge in [0, 0.05) is 6.42 Å². The molecule has 4 N–H and O–H groups in total. The number of fused-ring (bicyclic) bond motifs is 1. The lowest BCUT2D eigenvalue weighted by atomic mass is 10.2. The van der Waals surface area contributed by atoms with E-state index in [0.29, 0.717) is 17.7 Å². The van der Waals surface area contributed by atoms with Gasteiger partial charge in [0.05, 0.1) is 25.5 Å². The van der Waals surface area contributed by atoms with Crippen LogP contribution in [0.25, 0.3) is 11.2 Å². The number of nitrogens with zero attached hydrogens (tertiary/aromatic N) is 4. The number of ether oxygens (including phenoxy) is 1. The van der Waals surface area contributed by atoms with Crippen molar-refractivity contribution in [3.63, 3.8) is 0 Å². The second-order valence-corrected chi connectivity index (χ2v) is 6.72. The topological polar surface area (TPSA) is 128 Å². The van der Waals surface area contributed by atoms with Crippen molar-refractivity contribution in [1.29, 1.82) is 0 Å². The Morgan fingerprint density at radius 3 is 3.00 bits per heavy atom. The molecule has 0 aliphatic carbocycles. The Morgan fingerprint density at radius 1 is 1.48 bits per heavy atom. The summed E-state index contributed by atoms with van der Waals surface area (Å²) in [6.07, 6.45) is -0.643. The van der Waals surface area contributed by atoms with Crippen molar-refractivity contribution in [3.8, 4) is 0 Å². The van der Waals surface area contributed by atoms with E-state index >= 15 is 0 Å². The Bertz CT molecular complexity index is 951. The molecule has 0 spiro atoms. The second kappa shape index (κ2) is 6.23. The van der Waals surface area contributed by atoms with E-state index in [-0.39, 0.29) is 24.7 Å². The summed E-state index contributed by atoms with van der Waals surface area (Å²) < 4.78 is 8.46. The summed E-state index contributed by atoms with van der Waals surface area (Å²) in [6.45, 7) is 0.123. The van der Waals surface area contributed by atoms with Crippen molar-refractivity contribution in [2.75, 3.05) is 12.3 Å². The molecule has 0 amide bonds. The van der Waals surface area contributed by atoms with Gasteiger partial charge in [-0.2, -0.15) is 16.3 Å². The number of imidazole rings is 1. The first kappa shape index (κ1) is 16.2. The highest BCUT2D eigenvalue weighted by atomic mass is 32.1. The zero-order valence-electron chi connectivity index (χ0n) is 13.1. The van der Waals surface area contributed by atoms with E-state index in [1.54, 1.807) is 11.3 Å². The minimum absolute atomic E-state index is 0.0279. The first-order valence-corrected chi connectivity index (χ1v) is 8.71. The highest BCUT2D eigenvalue weighted by Gasteiger charge is 2.37. The van der Waals surface area contributed by atoms with E-state index in [4.69, 9.17) is 10.5 Å². The molecule has 4 rings (SSSR count). The minimum atomic E-state index is -0.926. The van der Waals surface area contributed by atoms with Gasteiger partial charge in [0.25, 0.3) is 0 Å². The van der Waals surface area contributed by atoms with Crippen LogP contribution in [0, 0.1) is 0 Å². The van der Waals surface area contributed by atoms with Crippen molar-refractivity contribution in [3.05, 3.63) is 39.1 Å². The average molecular weight is 363 g/mol. The van der Waals surface area contributed by atoms with Crippen LogP contribution in [0.2, 0.25) is 0 Å². The van der Waals surface area contributed by atoms with Gasteiger partial charge in [0.1, 0.15) is 11.6 Å². The van der Waals surface area contributed by atoms with Gasteiger partial charge >= 0.3 is 5.69 Å². The van der Waals surface area contributed by atoms with E-state index in [0.717, 1.165) is 5.56 Å². The Balaban J connectivity index is 1.87. The van der Waals surface area contributed by atoms with Gasteiger partial charge in [-0.05, 0) is 22.4 Å². The van der Waals surface area contributed by atoms with Crippen LogP contribution in [0.1, 0.15) is 18.2 Å². The molecule has 10 heteroatoms. The van der Waals surface area contributed by atoms with Crippen LogP contribution in [0.4, 0.5) is 5.95 Å². The first-order valence-electron chi connectivity index (χ1n) is 7.77. The van der Waals surface area contributed by atoms with Gasteiger partial charge in [-0.1, -0.05) is 0 Å².